The number of hydrogen-bond donors (Lipinski definition) is 1. The van der Waals surface area contributed by atoms with Gasteiger partial charge >= 0.3 is 0 Å². The Morgan fingerprint density at radius 1 is 1.35 bits per heavy atom. The lowest BCUT2D eigenvalue weighted by Gasteiger charge is -2.05. The minimum Gasteiger partial charge on any atom is -0.491 e. The maximum Gasteiger partial charge on any atom is 0.147 e. The zero-order valence-corrected chi connectivity index (χ0v) is 10.9. The van der Waals surface area contributed by atoms with Gasteiger partial charge in [0.2, 0.25) is 0 Å². The standard InChI is InChI=1S/C12H16N2O.CH4O/c1-4-7-15-11-6-5-9(2)10-8-14(3)13-12(10)11;1-2/h5-6,8H,4,7H2,1-3H3;2H,1H3. The number of fused-ring (bicyclic) bond motifs is 1. The molecule has 0 aliphatic rings. The molecular formula is C13H20N2O2. The third kappa shape index (κ3) is 2.97. The van der Waals surface area contributed by atoms with Crippen LogP contribution in [0.15, 0.2) is 18.3 Å². The fraction of sp³-hybridized carbons (Fsp3) is 0.462. The maximum absolute atomic E-state index is 7.00. The van der Waals surface area contributed by atoms with E-state index in [4.69, 9.17) is 9.84 Å². The largest absolute Gasteiger partial charge is 0.491 e. The molecule has 1 aromatic carbocycles. The van der Waals surface area contributed by atoms with Crippen LogP contribution in [0.25, 0.3) is 10.9 Å². The van der Waals surface area contributed by atoms with E-state index in [1.165, 1.54) is 10.9 Å². The highest BCUT2D eigenvalue weighted by Crippen LogP contribution is 2.26. The summed E-state index contributed by atoms with van der Waals surface area (Å²) in [6, 6.07) is 4.08. The van der Waals surface area contributed by atoms with Crippen LogP contribution in [0, 0.1) is 6.92 Å². The van der Waals surface area contributed by atoms with Crippen molar-refractivity contribution in [2.45, 2.75) is 20.3 Å². The molecule has 94 valence electrons. The van der Waals surface area contributed by atoms with Gasteiger partial charge in [0.25, 0.3) is 0 Å². The number of ether oxygens (including phenoxy) is 1. The molecule has 1 aromatic heterocycles. The topological polar surface area (TPSA) is 47.3 Å². The number of rotatable bonds is 3. The Morgan fingerprint density at radius 3 is 2.71 bits per heavy atom. The zero-order chi connectivity index (χ0) is 12.8. The molecule has 0 saturated heterocycles. The lowest BCUT2D eigenvalue weighted by molar-refractivity contribution is 0.320. The summed E-state index contributed by atoms with van der Waals surface area (Å²) in [4.78, 5) is 0. The van der Waals surface area contributed by atoms with Crippen LogP contribution in [0.2, 0.25) is 0 Å². The number of aliphatic hydroxyl groups excluding tert-OH is 1. The van der Waals surface area contributed by atoms with Crippen molar-refractivity contribution in [2.24, 2.45) is 7.05 Å². The Morgan fingerprint density at radius 2 is 2.06 bits per heavy atom. The summed E-state index contributed by atoms with van der Waals surface area (Å²) in [5.41, 5.74) is 2.20. The number of aromatic nitrogens is 2. The predicted molar refractivity (Wildman–Crippen MR) is 69.4 cm³/mol. The third-order valence-electron chi connectivity index (χ3n) is 2.43. The monoisotopic (exact) mass is 236 g/mol. The van der Waals surface area contributed by atoms with Crippen molar-refractivity contribution >= 4 is 10.9 Å². The maximum atomic E-state index is 7.00. The van der Waals surface area contributed by atoms with E-state index in [1.807, 2.05) is 24.0 Å². The molecule has 2 rings (SSSR count). The number of nitrogens with zero attached hydrogens (tertiary/aromatic N) is 2. The Hall–Kier alpha value is -1.55. The van der Waals surface area contributed by atoms with Gasteiger partial charge in [0, 0.05) is 25.7 Å². The smallest absolute Gasteiger partial charge is 0.147 e. The minimum atomic E-state index is 0.745. The molecule has 0 radical (unpaired) electrons. The molecule has 0 aliphatic carbocycles. The molecule has 0 fully saturated rings. The quantitative estimate of drug-likeness (QED) is 0.889. The molecule has 0 bridgehead atoms. The molecule has 17 heavy (non-hydrogen) atoms. The van der Waals surface area contributed by atoms with Gasteiger partial charge in [0.05, 0.1) is 6.61 Å². The molecule has 0 saturated carbocycles. The van der Waals surface area contributed by atoms with E-state index in [0.717, 1.165) is 31.4 Å². The predicted octanol–water partition coefficient (Wildman–Crippen LogP) is 2.28. The molecule has 0 amide bonds. The van der Waals surface area contributed by atoms with Crippen LogP contribution in [0.5, 0.6) is 5.75 Å². The summed E-state index contributed by atoms with van der Waals surface area (Å²) < 4.78 is 7.49. The summed E-state index contributed by atoms with van der Waals surface area (Å²) in [5.74, 6) is 0.887. The summed E-state index contributed by atoms with van der Waals surface area (Å²) in [5, 5.41) is 12.6. The third-order valence-corrected chi connectivity index (χ3v) is 2.43. The summed E-state index contributed by atoms with van der Waals surface area (Å²) in [6.45, 7) is 4.94. The van der Waals surface area contributed by atoms with E-state index in [-0.39, 0.29) is 0 Å². The molecule has 0 unspecified atom stereocenters. The van der Waals surface area contributed by atoms with Gasteiger partial charge in [-0.05, 0) is 25.0 Å². The highest BCUT2D eigenvalue weighted by atomic mass is 16.5. The first-order valence-electron chi connectivity index (χ1n) is 5.73. The van der Waals surface area contributed by atoms with Crippen molar-refractivity contribution in [3.05, 3.63) is 23.9 Å². The van der Waals surface area contributed by atoms with Gasteiger partial charge in [0.15, 0.2) is 0 Å². The number of hydrogen-bond acceptors (Lipinski definition) is 3. The fourth-order valence-corrected chi connectivity index (χ4v) is 1.66. The SMILES string of the molecule is CCCOc1ccc(C)c2cn(C)nc12.CO. The van der Waals surface area contributed by atoms with Gasteiger partial charge in [-0.3, -0.25) is 4.68 Å². The van der Waals surface area contributed by atoms with Crippen molar-refractivity contribution in [1.29, 1.82) is 0 Å². The van der Waals surface area contributed by atoms with Gasteiger partial charge < -0.3 is 9.84 Å². The highest BCUT2D eigenvalue weighted by Gasteiger charge is 2.07. The van der Waals surface area contributed by atoms with E-state index < -0.39 is 0 Å². The first-order valence-corrected chi connectivity index (χ1v) is 5.73. The Labute approximate surface area is 102 Å². The number of aryl methyl sites for hydroxylation is 2. The second kappa shape index (κ2) is 6.25. The molecule has 0 atom stereocenters. The second-order valence-corrected chi connectivity index (χ2v) is 3.79. The van der Waals surface area contributed by atoms with Crippen molar-refractivity contribution in [3.63, 3.8) is 0 Å². The van der Waals surface area contributed by atoms with E-state index in [2.05, 4.69) is 25.0 Å². The van der Waals surface area contributed by atoms with Crippen molar-refractivity contribution in [3.8, 4) is 5.75 Å². The Kier molecular flexibility index (Phi) is 4.97. The second-order valence-electron chi connectivity index (χ2n) is 3.79. The number of benzene rings is 1. The first-order chi connectivity index (χ1) is 8.22. The fourth-order valence-electron chi connectivity index (χ4n) is 1.66. The lowest BCUT2D eigenvalue weighted by atomic mass is 10.1. The van der Waals surface area contributed by atoms with Crippen LogP contribution < -0.4 is 4.74 Å². The summed E-state index contributed by atoms with van der Waals surface area (Å²) in [7, 11) is 2.93. The Bertz CT molecular complexity index is 477. The van der Waals surface area contributed by atoms with Crippen LogP contribution in [0.3, 0.4) is 0 Å². The van der Waals surface area contributed by atoms with Gasteiger partial charge in [-0.25, -0.2) is 0 Å². The molecule has 1 N–H and O–H groups in total. The average molecular weight is 236 g/mol. The van der Waals surface area contributed by atoms with Gasteiger partial charge in [-0.1, -0.05) is 13.0 Å². The molecule has 0 aliphatic heterocycles. The van der Waals surface area contributed by atoms with E-state index in [9.17, 15) is 0 Å². The van der Waals surface area contributed by atoms with Crippen LogP contribution >= 0.6 is 0 Å². The number of aliphatic hydroxyl groups is 1. The highest BCUT2D eigenvalue weighted by molar-refractivity contribution is 5.87. The lowest BCUT2D eigenvalue weighted by Crippen LogP contribution is -1.96. The first kappa shape index (κ1) is 13.5. The molecule has 0 spiro atoms. The molecule has 2 aromatic rings. The zero-order valence-electron chi connectivity index (χ0n) is 10.9. The summed E-state index contributed by atoms with van der Waals surface area (Å²) >= 11 is 0. The van der Waals surface area contributed by atoms with Crippen LogP contribution in [0.1, 0.15) is 18.9 Å². The molecular weight excluding hydrogens is 216 g/mol. The summed E-state index contributed by atoms with van der Waals surface area (Å²) in [6.07, 6.45) is 3.05. The van der Waals surface area contributed by atoms with Crippen LogP contribution in [-0.2, 0) is 7.05 Å². The van der Waals surface area contributed by atoms with Gasteiger partial charge in [-0.2, -0.15) is 5.10 Å². The van der Waals surface area contributed by atoms with E-state index in [1.54, 1.807) is 0 Å². The van der Waals surface area contributed by atoms with E-state index in [0.29, 0.717) is 0 Å². The normalized spacial score (nSPS) is 9.94. The van der Waals surface area contributed by atoms with Gasteiger partial charge in [-0.15, -0.1) is 0 Å². The van der Waals surface area contributed by atoms with Crippen molar-refractivity contribution in [2.75, 3.05) is 13.7 Å². The average Bonchev–Trinajstić information content (AvgIpc) is 2.74. The van der Waals surface area contributed by atoms with Crippen LogP contribution in [-0.4, -0.2) is 28.6 Å². The Balaban J connectivity index is 0.000000686. The molecule has 1 heterocycles. The van der Waals surface area contributed by atoms with Crippen molar-refractivity contribution in [1.82, 2.24) is 9.78 Å². The minimum absolute atomic E-state index is 0.745. The van der Waals surface area contributed by atoms with Crippen LogP contribution in [0.4, 0.5) is 0 Å². The van der Waals surface area contributed by atoms with Crippen molar-refractivity contribution < 1.29 is 9.84 Å². The molecule has 4 nitrogen and oxygen atoms in total. The van der Waals surface area contributed by atoms with Gasteiger partial charge in [0.1, 0.15) is 11.3 Å². The van der Waals surface area contributed by atoms with E-state index >= 15 is 0 Å². The molecule has 4 heteroatoms.